The summed E-state index contributed by atoms with van der Waals surface area (Å²) in [6.07, 6.45) is 2.90. The van der Waals surface area contributed by atoms with Gasteiger partial charge in [-0.05, 0) is 53.3 Å². The van der Waals surface area contributed by atoms with Crippen molar-refractivity contribution in [3.8, 4) is 38.8 Å². The smallest absolute Gasteiger partial charge is 0.246 e. The van der Waals surface area contributed by atoms with E-state index in [1.165, 1.54) is 29.3 Å². The van der Waals surface area contributed by atoms with Crippen LogP contribution in [-0.2, 0) is 35.5 Å². The first-order valence-electron chi connectivity index (χ1n) is 15.7. The van der Waals surface area contributed by atoms with Crippen LogP contribution in [0.2, 0.25) is 0 Å². The Hall–Kier alpha value is -4.00. The first-order chi connectivity index (χ1) is 23.0. The van der Waals surface area contributed by atoms with E-state index in [9.17, 15) is 14.3 Å². The van der Waals surface area contributed by atoms with Crippen molar-refractivity contribution < 1.29 is 23.8 Å². The summed E-state index contributed by atoms with van der Waals surface area (Å²) in [4.78, 5) is 28.0. The van der Waals surface area contributed by atoms with Crippen molar-refractivity contribution in [2.75, 3.05) is 46.6 Å². The Balaban J connectivity index is 1.41. The van der Waals surface area contributed by atoms with Crippen LogP contribution in [0.5, 0.6) is 5.75 Å². The van der Waals surface area contributed by atoms with Crippen molar-refractivity contribution >= 4 is 38.7 Å². The minimum absolute atomic E-state index is 0.0947. The molecule has 0 bridgehead atoms. The summed E-state index contributed by atoms with van der Waals surface area (Å²) in [5.74, 6) is -0.0707. The minimum atomic E-state index is -0.391. The number of aliphatic hydroxyl groups excluding tert-OH is 1. The fraction of sp³-hybridized carbons (Fsp3) is 0.306. The Labute approximate surface area is 280 Å². The van der Waals surface area contributed by atoms with Gasteiger partial charge in [0.25, 0.3) is 0 Å². The topological polar surface area (TPSA) is 88.0 Å². The van der Waals surface area contributed by atoms with Crippen molar-refractivity contribution in [2.45, 2.75) is 25.9 Å². The summed E-state index contributed by atoms with van der Waals surface area (Å²) in [5.41, 5.74) is 7.68. The SMILES string of the molecule is C=CC(=O)N1CCc2nc(-c3nc(-c4ccc5c(c4)CCN(CCO)C5)c4ccsc4c3-c3ccc(F)cc3OCCOC)sc2C1. The predicted molar refractivity (Wildman–Crippen MR) is 184 cm³/mol. The number of hydrogen-bond acceptors (Lipinski definition) is 9. The summed E-state index contributed by atoms with van der Waals surface area (Å²) < 4.78 is 26.9. The molecule has 0 saturated carbocycles. The number of rotatable bonds is 10. The Bertz CT molecular complexity index is 1970. The maximum atomic E-state index is 14.6. The standard InChI is InChI=1S/C36H35FN4O4S2/c1-3-31(43)41-12-9-28-30(21-41)47-36(38-28)34-32(26-7-6-25(37)19-29(26)45-16-15-44-2)35-27(10-17-46-35)33(39-34)23-4-5-24-20-40(13-14-42)11-8-22(24)18-23/h3-7,10,17-19,42H,1,8-9,11-16,20-21H2,2H3. The lowest BCUT2D eigenvalue weighted by Crippen LogP contribution is -2.34. The Morgan fingerprint density at radius 2 is 1.96 bits per heavy atom. The number of thiophene rings is 1. The van der Waals surface area contributed by atoms with Gasteiger partial charge in [-0.2, -0.15) is 0 Å². The van der Waals surface area contributed by atoms with Crippen LogP contribution >= 0.6 is 22.7 Å². The number of benzene rings is 2. The van der Waals surface area contributed by atoms with Gasteiger partial charge in [0.15, 0.2) is 0 Å². The van der Waals surface area contributed by atoms with Crippen LogP contribution in [0.3, 0.4) is 0 Å². The first-order valence-corrected chi connectivity index (χ1v) is 17.4. The van der Waals surface area contributed by atoms with Gasteiger partial charge in [0.1, 0.15) is 28.9 Å². The summed E-state index contributed by atoms with van der Waals surface area (Å²) in [6.45, 7) is 7.88. The summed E-state index contributed by atoms with van der Waals surface area (Å²) >= 11 is 3.16. The molecule has 3 aromatic heterocycles. The minimum Gasteiger partial charge on any atom is -0.490 e. The first kappa shape index (κ1) is 31.6. The lowest BCUT2D eigenvalue weighted by molar-refractivity contribution is -0.126. The normalized spacial score (nSPS) is 14.7. The van der Waals surface area contributed by atoms with E-state index in [4.69, 9.17) is 19.4 Å². The summed E-state index contributed by atoms with van der Waals surface area (Å²) in [6, 6.07) is 13.3. The Morgan fingerprint density at radius 1 is 1.06 bits per heavy atom. The van der Waals surface area contributed by atoms with Crippen LogP contribution in [0.15, 0.2) is 60.5 Å². The van der Waals surface area contributed by atoms with Crippen molar-refractivity contribution in [2.24, 2.45) is 0 Å². The van der Waals surface area contributed by atoms with Gasteiger partial charge in [-0.1, -0.05) is 18.7 Å². The molecule has 11 heteroatoms. The Morgan fingerprint density at radius 3 is 2.79 bits per heavy atom. The van der Waals surface area contributed by atoms with Crippen molar-refractivity contribution in [1.82, 2.24) is 19.8 Å². The highest BCUT2D eigenvalue weighted by molar-refractivity contribution is 7.18. The van der Waals surface area contributed by atoms with Gasteiger partial charge in [-0.3, -0.25) is 9.69 Å². The largest absolute Gasteiger partial charge is 0.490 e. The van der Waals surface area contributed by atoms with Crippen molar-refractivity contribution in [3.05, 3.63) is 88.0 Å². The van der Waals surface area contributed by atoms with E-state index in [2.05, 4.69) is 41.1 Å². The van der Waals surface area contributed by atoms with Crippen LogP contribution < -0.4 is 4.74 Å². The van der Waals surface area contributed by atoms with Crippen LogP contribution in [-0.4, -0.2) is 77.3 Å². The van der Waals surface area contributed by atoms with E-state index in [1.807, 2.05) is 0 Å². The molecule has 242 valence electrons. The average Bonchev–Trinajstić information content (AvgIpc) is 3.75. The molecule has 7 rings (SSSR count). The van der Waals surface area contributed by atoms with Gasteiger partial charge < -0.3 is 19.5 Å². The summed E-state index contributed by atoms with van der Waals surface area (Å²) in [5, 5.41) is 13.3. The number of fused-ring (bicyclic) bond motifs is 3. The molecule has 0 atom stereocenters. The second-order valence-corrected chi connectivity index (χ2v) is 13.7. The molecular weight excluding hydrogens is 636 g/mol. The molecule has 2 aliphatic rings. The third-order valence-corrected chi connectivity index (χ3v) is 10.8. The third-order valence-electron chi connectivity index (χ3n) is 8.77. The second-order valence-electron chi connectivity index (χ2n) is 11.7. The maximum absolute atomic E-state index is 14.6. The predicted octanol–water partition coefficient (Wildman–Crippen LogP) is 6.34. The molecule has 2 aliphatic heterocycles. The number of halogens is 1. The second kappa shape index (κ2) is 13.6. The molecule has 0 spiro atoms. The highest BCUT2D eigenvalue weighted by Crippen LogP contribution is 2.47. The Kier molecular flexibility index (Phi) is 9.15. The molecule has 5 aromatic rings. The average molecular weight is 671 g/mol. The number of ether oxygens (including phenoxy) is 2. The van der Waals surface area contributed by atoms with E-state index < -0.39 is 5.82 Å². The monoisotopic (exact) mass is 670 g/mol. The quantitative estimate of drug-likeness (QED) is 0.137. The molecular formula is C36H35FN4O4S2. The molecule has 5 heterocycles. The van der Waals surface area contributed by atoms with Crippen LogP contribution in [0.1, 0.15) is 21.7 Å². The van der Waals surface area contributed by atoms with Crippen molar-refractivity contribution in [1.29, 1.82) is 0 Å². The van der Waals surface area contributed by atoms with E-state index in [-0.39, 0.29) is 19.1 Å². The van der Waals surface area contributed by atoms with Crippen molar-refractivity contribution in [3.63, 3.8) is 0 Å². The fourth-order valence-electron chi connectivity index (χ4n) is 6.41. The summed E-state index contributed by atoms with van der Waals surface area (Å²) in [7, 11) is 1.60. The third kappa shape index (κ3) is 6.21. The van der Waals surface area contributed by atoms with Crippen LogP contribution in [0.25, 0.3) is 43.2 Å². The zero-order chi connectivity index (χ0) is 32.5. The lowest BCUT2D eigenvalue weighted by atomic mass is 9.94. The number of methoxy groups -OCH3 is 1. The molecule has 0 saturated heterocycles. The number of pyridine rings is 1. The number of amides is 1. The fourth-order valence-corrected chi connectivity index (χ4v) is 8.49. The molecule has 0 aliphatic carbocycles. The molecule has 0 fully saturated rings. The molecule has 1 N–H and O–H groups in total. The van der Waals surface area contributed by atoms with Gasteiger partial charge in [0.05, 0.1) is 31.1 Å². The van der Waals surface area contributed by atoms with Gasteiger partial charge in [0, 0.05) is 77.4 Å². The lowest BCUT2D eigenvalue weighted by Gasteiger charge is -2.28. The molecule has 1 amide bonds. The zero-order valence-corrected chi connectivity index (χ0v) is 27.8. The number of nitrogens with zero attached hydrogens (tertiary/aromatic N) is 4. The van der Waals surface area contributed by atoms with Gasteiger partial charge in [0.2, 0.25) is 5.91 Å². The van der Waals surface area contributed by atoms with Gasteiger partial charge in [-0.15, -0.1) is 22.7 Å². The van der Waals surface area contributed by atoms with Gasteiger partial charge in [-0.25, -0.2) is 14.4 Å². The van der Waals surface area contributed by atoms with E-state index in [1.54, 1.807) is 40.7 Å². The number of carbonyl (C=O) groups excluding carboxylic acids is 1. The van der Waals surface area contributed by atoms with E-state index >= 15 is 0 Å². The van der Waals surface area contributed by atoms with E-state index in [0.29, 0.717) is 44.1 Å². The van der Waals surface area contributed by atoms with Crippen LogP contribution in [0, 0.1) is 5.82 Å². The number of aliphatic hydroxyl groups is 1. The zero-order valence-electron chi connectivity index (χ0n) is 26.1. The number of hydrogen-bond donors (Lipinski definition) is 1. The molecule has 0 radical (unpaired) electrons. The number of carbonyl (C=O) groups is 1. The molecule has 0 unspecified atom stereocenters. The van der Waals surface area contributed by atoms with E-state index in [0.717, 1.165) is 67.6 Å². The highest BCUT2D eigenvalue weighted by Gasteiger charge is 2.28. The van der Waals surface area contributed by atoms with Crippen LogP contribution in [0.4, 0.5) is 4.39 Å². The molecule has 47 heavy (non-hydrogen) atoms. The number of aromatic nitrogens is 2. The van der Waals surface area contributed by atoms with Gasteiger partial charge >= 0.3 is 0 Å². The highest BCUT2D eigenvalue weighted by atomic mass is 32.1. The maximum Gasteiger partial charge on any atom is 0.246 e. The molecule has 8 nitrogen and oxygen atoms in total. The number of β-amino-alcohol motifs (C(OH)–C–C–N with tert-alkyl or cyclic N) is 1. The molecule has 2 aromatic carbocycles. The number of thiazole rings is 1.